The van der Waals surface area contributed by atoms with E-state index in [1.165, 1.54) is 7.11 Å². The van der Waals surface area contributed by atoms with Gasteiger partial charge in [-0.3, -0.25) is 4.98 Å². The molecule has 0 aliphatic heterocycles. The molecule has 0 atom stereocenters. The summed E-state index contributed by atoms with van der Waals surface area (Å²) < 4.78 is 10.4. The summed E-state index contributed by atoms with van der Waals surface area (Å²) in [5, 5.41) is 2.86. The lowest BCUT2D eigenvalue weighted by Gasteiger charge is -2.07. The molecule has 0 amide bonds. The van der Waals surface area contributed by atoms with Gasteiger partial charge in [0, 0.05) is 18.8 Å². The third-order valence-corrected chi connectivity index (χ3v) is 2.30. The maximum atomic E-state index is 5.40. The molecule has 19 heavy (non-hydrogen) atoms. The van der Waals surface area contributed by atoms with E-state index in [4.69, 9.17) is 9.47 Å². The fourth-order valence-corrected chi connectivity index (χ4v) is 1.48. The molecule has 0 fully saturated rings. The molecule has 100 valence electrons. The molecule has 0 saturated heterocycles. The average molecular weight is 261 g/mol. The van der Waals surface area contributed by atoms with Crippen molar-refractivity contribution in [2.24, 2.45) is 0 Å². The summed E-state index contributed by atoms with van der Waals surface area (Å²) in [6.45, 7) is 2.49. The summed E-state index contributed by atoms with van der Waals surface area (Å²) in [6, 6.07) is 2.07. The van der Waals surface area contributed by atoms with Crippen LogP contribution in [-0.2, 0) is 0 Å². The first-order valence-corrected chi connectivity index (χ1v) is 5.83. The lowest BCUT2D eigenvalue weighted by atomic mass is 10.2. The van der Waals surface area contributed by atoms with Crippen LogP contribution in [0.15, 0.2) is 18.5 Å². The lowest BCUT2D eigenvalue weighted by molar-refractivity contribution is 0.339. The van der Waals surface area contributed by atoms with Crippen molar-refractivity contribution in [2.75, 3.05) is 26.1 Å². The van der Waals surface area contributed by atoms with Gasteiger partial charge < -0.3 is 14.8 Å². The molecule has 0 unspecified atom stereocenters. The summed E-state index contributed by atoms with van der Waals surface area (Å²) in [5.41, 5.74) is 0.739. The van der Waals surface area contributed by atoms with Crippen LogP contribution < -0.4 is 14.8 Å². The molecule has 0 aromatic carbocycles. The summed E-state index contributed by atoms with van der Waals surface area (Å²) in [6.07, 6.45) is 3.31. The Morgan fingerprint density at radius 3 is 2.74 bits per heavy atom. The van der Waals surface area contributed by atoms with Crippen molar-refractivity contribution in [1.29, 1.82) is 0 Å². The Balaban J connectivity index is 2.42. The van der Waals surface area contributed by atoms with Crippen LogP contribution in [0.2, 0.25) is 0 Å². The Labute approximate surface area is 111 Å². The smallest absolute Gasteiger partial charge is 0.321 e. The first kappa shape index (κ1) is 13.0. The third kappa shape index (κ3) is 3.06. The molecule has 2 aromatic heterocycles. The van der Waals surface area contributed by atoms with E-state index < -0.39 is 0 Å². The van der Waals surface area contributed by atoms with Crippen molar-refractivity contribution in [3.63, 3.8) is 0 Å². The highest BCUT2D eigenvalue weighted by Crippen LogP contribution is 2.21. The highest BCUT2D eigenvalue weighted by Gasteiger charge is 2.09. The molecule has 7 nitrogen and oxygen atoms in total. The van der Waals surface area contributed by atoms with E-state index in [0.717, 1.165) is 5.56 Å². The molecule has 1 N–H and O–H groups in total. The van der Waals surface area contributed by atoms with E-state index in [9.17, 15) is 0 Å². The van der Waals surface area contributed by atoms with Crippen LogP contribution >= 0.6 is 0 Å². The van der Waals surface area contributed by atoms with Crippen LogP contribution in [0, 0.1) is 0 Å². The quantitative estimate of drug-likeness (QED) is 0.870. The maximum absolute atomic E-state index is 5.40. The van der Waals surface area contributed by atoms with Gasteiger partial charge in [-0.05, 0) is 13.0 Å². The second kappa shape index (κ2) is 5.94. The van der Waals surface area contributed by atoms with Gasteiger partial charge in [0.25, 0.3) is 0 Å². The topological polar surface area (TPSA) is 82.1 Å². The van der Waals surface area contributed by atoms with Gasteiger partial charge in [0.05, 0.1) is 19.9 Å². The van der Waals surface area contributed by atoms with E-state index in [0.29, 0.717) is 24.1 Å². The Hall–Kier alpha value is -2.44. The predicted molar refractivity (Wildman–Crippen MR) is 70.3 cm³/mol. The minimum absolute atomic E-state index is 0.246. The molecule has 0 saturated carbocycles. The van der Waals surface area contributed by atoms with Crippen LogP contribution in [0.25, 0.3) is 11.4 Å². The van der Waals surface area contributed by atoms with Gasteiger partial charge in [0.2, 0.25) is 5.95 Å². The van der Waals surface area contributed by atoms with Crippen molar-refractivity contribution >= 4 is 5.95 Å². The summed E-state index contributed by atoms with van der Waals surface area (Å²) >= 11 is 0. The van der Waals surface area contributed by atoms with Crippen molar-refractivity contribution in [3.05, 3.63) is 18.5 Å². The first-order valence-electron chi connectivity index (χ1n) is 5.83. The number of pyridine rings is 1. The molecular weight excluding hydrogens is 246 g/mol. The number of rotatable bonds is 5. The molecule has 2 heterocycles. The van der Waals surface area contributed by atoms with Crippen LogP contribution in [0.1, 0.15) is 6.92 Å². The molecule has 0 bridgehead atoms. The fraction of sp³-hybridized carbons (Fsp3) is 0.333. The second-order valence-corrected chi connectivity index (χ2v) is 3.56. The van der Waals surface area contributed by atoms with Crippen LogP contribution in [0.4, 0.5) is 5.95 Å². The zero-order chi connectivity index (χ0) is 13.7. The number of aromatic nitrogens is 4. The first-order chi connectivity index (χ1) is 9.26. The van der Waals surface area contributed by atoms with Gasteiger partial charge in [0.1, 0.15) is 5.75 Å². The van der Waals surface area contributed by atoms with Gasteiger partial charge >= 0.3 is 6.01 Å². The Bertz CT molecular complexity index is 539. The number of anilines is 1. The fourth-order valence-electron chi connectivity index (χ4n) is 1.48. The van der Waals surface area contributed by atoms with Crippen molar-refractivity contribution in [1.82, 2.24) is 19.9 Å². The number of nitrogens with one attached hydrogen (secondary N) is 1. The molecule has 2 aromatic rings. The van der Waals surface area contributed by atoms with Gasteiger partial charge in [-0.2, -0.15) is 15.0 Å². The second-order valence-electron chi connectivity index (χ2n) is 3.56. The molecule has 0 aliphatic rings. The third-order valence-electron chi connectivity index (χ3n) is 2.30. The molecule has 0 spiro atoms. The predicted octanol–water partition coefficient (Wildman–Crippen LogP) is 1.38. The van der Waals surface area contributed by atoms with Crippen LogP contribution in [0.5, 0.6) is 11.8 Å². The Kier molecular flexibility index (Phi) is 4.07. The largest absolute Gasteiger partial charge is 0.492 e. The molecule has 7 heteroatoms. The molecule has 0 radical (unpaired) electrons. The molecule has 2 rings (SSSR count). The van der Waals surface area contributed by atoms with Gasteiger partial charge in [0.15, 0.2) is 5.82 Å². The number of ether oxygens (including phenoxy) is 2. The monoisotopic (exact) mass is 261 g/mol. The van der Waals surface area contributed by atoms with Gasteiger partial charge in [-0.15, -0.1) is 0 Å². The van der Waals surface area contributed by atoms with Crippen molar-refractivity contribution in [3.8, 4) is 23.1 Å². The van der Waals surface area contributed by atoms with E-state index in [1.807, 2.05) is 13.0 Å². The average Bonchev–Trinajstić information content (AvgIpc) is 2.47. The number of hydrogen-bond acceptors (Lipinski definition) is 7. The van der Waals surface area contributed by atoms with Crippen molar-refractivity contribution in [2.45, 2.75) is 6.92 Å². The SMILES string of the molecule is CCOc1cncc(-c2nc(NC)nc(OC)n2)c1. The molecular formula is C12H15N5O2. The van der Waals surface area contributed by atoms with Crippen LogP contribution in [-0.4, -0.2) is 40.7 Å². The van der Waals surface area contributed by atoms with E-state index in [-0.39, 0.29) is 6.01 Å². The number of nitrogens with zero attached hydrogens (tertiary/aromatic N) is 4. The summed E-state index contributed by atoms with van der Waals surface area (Å²) in [7, 11) is 3.24. The Morgan fingerprint density at radius 2 is 2.05 bits per heavy atom. The van der Waals surface area contributed by atoms with Crippen molar-refractivity contribution < 1.29 is 9.47 Å². The van der Waals surface area contributed by atoms with E-state index >= 15 is 0 Å². The minimum atomic E-state index is 0.246. The maximum Gasteiger partial charge on any atom is 0.321 e. The highest BCUT2D eigenvalue weighted by molar-refractivity contribution is 5.57. The van der Waals surface area contributed by atoms with Crippen LogP contribution in [0.3, 0.4) is 0 Å². The zero-order valence-electron chi connectivity index (χ0n) is 11.0. The normalized spacial score (nSPS) is 10.1. The summed E-state index contributed by atoms with van der Waals surface area (Å²) in [5.74, 6) is 1.58. The highest BCUT2D eigenvalue weighted by atomic mass is 16.5. The summed E-state index contributed by atoms with van der Waals surface area (Å²) in [4.78, 5) is 16.6. The Morgan fingerprint density at radius 1 is 1.21 bits per heavy atom. The van der Waals surface area contributed by atoms with Gasteiger partial charge in [-0.25, -0.2) is 0 Å². The standard InChI is InChI=1S/C12H15N5O2/c1-4-19-9-5-8(6-14-7-9)10-15-11(13-2)17-12(16-10)18-3/h5-7H,4H2,1-3H3,(H,13,15,16,17). The van der Waals surface area contributed by atoms with E-state index in [1.54, 1.807) is 19.4 Å². The van der Waals surface area contributed by atoms with E-state index in [2.05, 4.69) is 25.3 Å². The molecule has 0 aliphatic carbocycles. The number of hydrogen-bond donors (Lipinski definition) is 1. The minimum Gasteiger partial charge on any atom is -0.492 e. The zero-order valence-corrected chi connectivity index (χ0v) is 11.0. The van der Waals surface area contributed by atoms with Gasteiger partial charge in [-0.1, -0.05) is 0 Å². The lowest BCUT2D eigenvalue weighted by Crippen LogP contribution is -2.03. The number of methoxy groups -OCH3 is 1.